The average molecular weight is 441 g/mol. The Balaban J connectivity index is 1.51. The Morgan fingerprint density at radius 2 is 1.63 bits per heavy atom. The number of carbonyl (C=O) groups is 1. The van der Waals surface area contributed by atoms with Crippen molar-refractivity contribution in [3.63, 3.8) is 0 Å². The summed E-state index contributed by atoms with van der Waals surface area (Å²) in [6.07, 6.45) is -3.17. The van der Waals surface area contributed by atoms with Crippen molar-refractivity contribution >= 4 is 44.7 Å². The number of amides is 1. The first-order chi connectivity index (χ1) is 14.5. The predicted molar refractivity (Wildman–Crippen MR) is 117 cm³/mol. The van der Waals surface area contributed by atoms with E-state index in [1.54, 1.807) is 54.6 Å². The molecule has 0 aliphatic carbocycles. The SMILES string of the molecule is O=C(Nc1ccccc1Oc1ccccc1Cl)C(O)C(O)c1nc2ccccc2s1. The van der Waals surface area contributed by atoms with E-state index in [1.165, 1.54) is 11.3 Å². The lowest BCUT2D eigenvalue weighted by atomic mass is 10.2. The highest BCUT2D eigenvalue weighted by molar-refractivity contribution is 7.18. The van der Waals surface area contributed by atoms with Crippen molar-refractivity contribution in [3.05, 3.63) is 82.8 Å². The maximum atomic E-state index is 12.6. The Kier molecular flexibility index (Phi) is 5.96. The average Bonchev–Trinajstić information content (AvgIpc) is 3.20. The molecule has 4 rings (SSSR count). The lowest BCUT2D eigenvalue weighted by molar-refractivity contribution is -0.129. The number of hydrogen-bond donors (Lipinski definition) is 3. The minimum atomic E-state index is -1.71. The number of anilines is 1. The summed E-state index contributed by atoms with van der Waals surface area (Å²) >= 11 is 7.36. The van der Waals surface area contributed by atoms with Crippen molar-refractivity contribution in [1.29, 1.82) is 0 Å². The molecule has 0 saturated carbocycles. The highest BCUT2D eigenvalue weighted by atomic mass is 35.5. The van der Waals surface area contributed by atoms with Gasteiger partial charge in [0.1, 0.15) is 16.9 Å². The molecule has 4 aromatic rings. The Hall–Kier alpha value is -2.97. The fraction of sp³-hybridized carbons (Fsp3) is 0.0909. The van der Waals surface area contributed by atoms with Crippen molar-refractivity contribution in [2.75, 3.05) is 5.32 Å². The highest BCUT2D eigenvalue weighted by Crippen LogP contribution is 2.34. The largest absolute Gasteiger partial charge is 0.454 e. The summed E-state index contributed by atoms with van der Waals surface area (Å²) in [6, 6.07) is 21.0. The van der Waals surface area contributed by atoms with Crippen molar-refractivity contribution in [2.45, 2.75) is 12.2 Å². The molecule has 0 spiro atoms. The number of aliphatic hydroxyl groups excluding tert-OH is 2. The summed E-state index contributed by atoms with van der Waals surface area (Å²) in [5.74, 6) is -0.00600. The molecule has 1 amide bonds. The summed E-state index contributed by atoms with van der Waals surface area (Å²) in [7, 11) is 0. The van der Waals surface area contributed by atoms with Crippen LogP contribution in [0, 0.1) is 0 Å². The molecule has 0 radical (unpaired) electrons. The van der Waals surface area contributed by atoms with Gasteiger partial charge < -0.3 is 20.3 Å². The van der Waals surface area contributed by atoms with E-state index in [2.05, 4.69) is 10.3 Å². The van der Waals surface area contributed by atoms with Gasteiger partial charge in [-0.25, -0.2) is 4.98 Å². The topological polar surface area (TPSA) is 91.7 Å². The highest BCUT2D eigenvalue weighted by Gasteiger charge is 2.29. The van der Waals surface area contributed by atoms with Crippen LogP contribution in [-0.4, -0.2) is 27.2 Å². The van der Waals surface area contributed by atoms with Gasteiger partial charge in [0.25, 0.3) is 5.91 Å². The maximum Gasteiger partial charge on any atom is 0.256 e. The molecule has 1 aromatic heterocycles. The lowest BCUT2D eigenvalue weighted by Gasteiger charge is -2.17. The first-order valence-electron chi connectivity index (χ1n) is 9.07. The standard InChI is InChI=1S/C22H17ClN2O4S/c23-13-7-1-4-10-16(13)29-17-11-5-2-8-14(17)24-21(28)19(26)20(27)22-25-15-9-3-6-12-18(15)30-22/h1-12,19-20,26-27H,(H,24,28). The van der Waals surface area contributed by atoms with Crippen molar-refractivity contribution in [3.8, 4) is 11.5 Å². The molecule has 8 heteroatoms. The summed E-state index contributed by atoms with van der Waals surface area (Å²) < 4.78 is 6.66. The normalized spacial score (nSPS) is 13.0. The molecular weight excluding hydrogens is 424 g/mol. The van der Waals surface area contributed by atoms with Crippen molar-refractivity contribution in [1.82, 2.24) is 4.98 Å². The van der Waals surface area contributed by atoms with Gasteiger partial charge in [-0.15, -0.1) is 11.3 Å². The van der Waals surface area contributed by atoms with Crippen molar-refractivity contribution in [2.24, 2.45) is 0 Å². The van der Waals surface area contributed by atoms with Crippen molar-refractivity contribution < 1.29 is 19.7 Å². The number of benzene rings is 3. The number of thiazole rings is 1. The smallest absolute Gasteiger partial charge is 0.256 e. The summed E-state index contributed by atoms with van der Waals surface area (Å²) in [5, 5.41) is 24.1. The Bertz CT molecular complexity index is 1160. The number of aliphatic hydroxyl groups is 2. The Morgan fingerprint density at radius 1 is 0.967 bits per heavy atom. The van der Waals surface area contributed by atoms with Crippen LogP contribution in [0.3, 0.4) is 0 Å². The van der Waals surface area contributed by atoms with Gasteiger partial charge >= 0.3 is 0 Å². The number of rotatable bonds is 6. The molecule has 0 fully saturated rings. The molecule has 6 nitrogen and oxygen atoms in total. The maximum absolute atomic E-state index is 12.6. The third-order valence-corrected chi connectivity index (χ3v) is 5.75. The van der Waals surface area contributed by atoms with E-state index in [9.17, 15) is 15.0 Å². The van der Waals surface area contributed by atoms with Gasteiger partial charge in [0.15, 0.2) is 11.9 Å². The van der Waals surface area contributed by atoms with Crippen LogP contribution in [-0.2, 0) is 4.79 Å². The summed E-state index contributed by atoms with van der Waals surface area (Å²) in [5.41, 5.74) is 1.03. The number of hydrogen-bond acceptors (Lipinski definition) is 6. The van der Waals surface area contributed by atoms with Crippen LogP contribution in [0.1, 0.15) is 11.1 Å². The van der Waals surface area contributed by atoms with Gasteiger partial charge in [0.05, 0.1) is 20.9 Å². The number of carbonyl (C=O) groups excluding carboxylic acids is 1. The molecular formula is C22H17ClN2O4S. The number of fused-ring (bicyclic) bond motifs is 1. The molecule has 2 unspecified atom stereocenters. The zero-order valence-corrected chi connectivity index (χ0v) is 17.1. The molecule has 0 bridgehead atoms. The number of halogens is 1. The second-order valence-corrected chi connectivity index (χ2v) is 7.90. The number of para-hydroxylation sites is 4. The Labute approximate surface area is 181 Å². The van der Waals surface area contributed by atoms with Crippen LogP contribution in [0.4, 0.5) is 5.69 Å². The van der Waals surface area contributed by atoms with Gasteiger partial charge in [-0.3, -0.25) is 4.79 Å². The van der Waals surface area contributed by atoms with Crippen LogP contribution < -0.4 is 10.1 Å². The molecule has 2 atom stereocenters. The minimum absolute atomic E-state index is 0.263. The second-order valence-electron chi connectivity index (χ2n) is 6.43. The van der Waals surface area contributed by atoms with E-state index in [0.717, 1.165) is 4.70 Å². The number of aromatic nitrogens is 1. The number of nitrogens with one attached hydrogen (secondary N) is 1. The summed E-state index contributed by atoms with van der Waals surface area (Å²) in [4.78, 5) is 16.9. The minimum Gasteiger partial charge on any atom is -0.454 e. The fourth-order valence-corrected chi connectivity index (χ4v) is 3.96. The monoisotopic (exact) mass is 440 g/mol. The van der Waals surface area contributed by atoms with Crippen LogP contribution >= 0.6 is 22.9 Å². The van der Waals surface area contributed by atoms with Gasteiger partial charge in [0, 0.05) is 0 Å². The second kappa shape index (κ2) is 8.81. The summed E-state index contributed by atoms with van der Waals surface area (Å²) in [6.45, 7) is 0. The molecule has 0 aliphatic heterocycles. The van der Waals surface area contributed by atoms with E-state index < -0.39 is 18.1 Å². The van der Waals surface area contributed by atoms with Crippen LogP contribution in [0.15, 0.2) is 72.8 Å². The first kappa shape index (κ1) is 20.3. The van der Waals surface area contributed by atoms with Crippen LogP contribution in [0.5, 0.6) is 11.5 Å². The molecule has 152 valence electrons. The molecule has 1 heterocycles. The fourth-order valence-electron chi connectivity index (χ4n) is 2.81. The molecule has 0 aliphatic rings. The lowest BCUT2D eigenvalue weighted by Crippen LogP contribution is -2.33. The Morgan fingerprint density at radius 3 is 2.40 bits per heavy atom. The quantitative estimate of drug-likeness (QED) is 0.401. The molecule has 0 saturated heterocycles. The zero-order chi connectivity index (χ0) is 21.1. The third kappa shape index (κ3) is 4.29. The van der Waals surface area contributed by atoms with Gasteiger partial charge in [0.2, 0.25) is 0 Å². The van der Waals surface area contributed by atoms with E-state index in [1.807, 2.05) is 18.2 Å². The molecule has 30 heavy (non-hydrogen) atoms. The predicted octanol–water partition coefficient (Wildman–Crippen LogP) is 4.78. The first-order valence-corrected chi connectivity index (χ1v) is 10.3. The van der Waals surface area contributed by atoms with Gasteiger partial charge in [-0.05, 0) is 36.4 Å². The molecule has 3 N–H and O–H groups in total. The van der Waals surface area contributed by atoms with Gasteiger partial charge in [-0.1, -0.05) is 48.0 Å². The van der Waals surface area contributed by atoms with Crippen LogP contribution in [0.25, 0.3) is 10.2 Å². The molecule has 3 aromatic carbocycles. The van der Waals surface area contributed by atoms with E-state index in [-0.39, 0.29) is 5.01 Å². The van der Waals surface area contributed by atoms with E-state index in [4.69, 9.17) is 16.3 Å². The zero-order valence-electron chi connectivity index (χ0n) is 15.5. The van der Waals surface area contributed by atoms with Crippen LogP contribution in [0.2, 0.25) is 5.02 Å². The van der Waals surface area contributed by atoms with E-state index in [0.29, 0.717) is 27.7 Å². The van der Waals surface area contributed by atoms with Gasteiger partial charge in [-0.2, -0.15) is 0 Å². The van der Waals surface area contributed by atoms with E-state index >= 15 is 0 Å². The third-order valence-electron chi connectivity index (χ3n) is 4.33. The number of ether oxygens (including phenoxy) is 1. The number of nitrogens with zero attached hydrogens (tertiary/aromatic N) is 1.